The Morgan fingerprint density at radius 1 is 1.39 bits per heavy atom. The van der Waals surface area contributed by atoms with E-state index in [1.54, 1.807) is 12.2 Å². The molecule has 0 aliphatic heterocycles. The maximum atomic E-state index is 11.5. The van der Waals surface area contributed by atoms with Gasteiger partial charge in [0.15, 0.2) is 0 Å². The van der Waals surface area contributed by atoms with Crippen molar-refractivity contribution in [3.8, 4) is 0 Å². The fourth-order valence-corrected chi connectivity index (χ4v) is 1.29. The third kappa shape index (κ3) is 4.56. The van der Waals surface area contributed by atoms with Crippen LogP contribution in [0.25, 0.3) is 0 Å². The zero-order valence-electron chi connectivity index (χ0n) is 10.2. The Morgan fingerprint density at radius 2 is 2.11 bits per heavy atom. The van der Waals surface area contributed by atoms with Gasteiger partial charge in [-0.15, -0.1) is 0 Å². The van der Waals surface area contributed by atoms with Crippen LogP contribution in [0.3, 0.4) is 0 Å². The van der Waals surface area contributed by atoms with Crippen molar-refractivity contribution in [2.24, 2.45) is 11.8 Å². The van der Waals surface area contributed by atoms with Crippen molar-refractivity contribution < 1.29 is 19.1 Å². The van der Waals surface area contributed by atoms with E-state index in [4.69, 9.17) is 15.3 Å². The summed E-state index contributed by atoms with van der Waals surface area (Å²) in [6.07, 6.45) is 7.23. The zero-order chi connectivity index (χ0) is 13.4. The van der Waals surface area contributed by atoms with Crippen molar-refractivity contribution >= 4 is 12.1 Å². The SMILES string of the molecule is CNN(N)C(=O)OCCOC(=O)C1C=CC=CC1. The second-order valence-corrected chi connectivity index (χ2v) is 3.53. The van der Waals surface area contributed by atoms with Crippen LogP contribution in [0.4, 0.5) is 4.79 Å². The summed E-state index contributed by atoms with van der Waals surface area (Å²) in [7, 11) is 1.48. The molecule has 1 rings (SSSR count). The van der Waals surface area contributed by atoms with Gasteiger partial charge in [0, 0.05) is 7.05 Å². The summed E-state index contributed by atoms with van der Waals surface area (Å²) < 4.78 is 9.69. The highest BCUT2D eigenvalue weighted by Gasteiger charge is 2.17. The predicted octanol–water partition coefficient (Wildman–Crippen LogP) is 0.109. The first-order chi connectivity index (χ1) is 8.65. The number of hydrogen-bond donors (Lipinski definition) is 2. The van der Waals surface area contributed by atoms with Gasteiger partial charge in [0.2, 0.25) is 0 Å². The number of allylic oxidation sites excluding steroid dienone is 3. The first-order valence-electron chi connectivity index (χ1n) is 5.54. The Hall–Kier alpha value is -1.86. The standard InChI is InChI=1S/C11H17N3O4/c1-13-14(12)11(16)18-8-7-17-10(15)9-5-3-2-4-6-9/h2-5,9,13H,6-8,12H2,1H3. The van der Waals surface area contributed by atoms with Gasteiger partial charge in [-0.25, -0.2) is 16.1 Å². The van der Waals surface area contributed by atoms with Crippen LogP contribution in [-0.2, 0) is 14.3 Å². The Balaban J connectivity index is 2.14. The topological polar surface area (TPSA) is 93.9 Å². The first kappa shape index (κ1) is 14.2. The van der Waals surface area contributed by atoms with Crippen molar-refractivity contribution in [1.82, 2.24) is 10.5 Å². The summed E-state index contributed by atoms with van der Waals surface area (Å²) in [6.45, 7) is -0.0254. The number of hydrazine groups is 2. The molecule has 0 bridgehead atoms. The van der Waals surface area contributed by atoms with Gasteiger partial charge in [-0.1, -0.05) is 24.3 Å². The van der Waals surface area contributed by atoms with Gasteiger partial charge < -0.3 is 9.47 Å². The molecule has 1 unspecified atom stereocenters. The molecule has 7 heteroatoms. The molecule has 7 nitrogen and oxygen atoms in total. The van der Waals surface area contributed by atoms with E-state index in [1.807, 2.05) is 12.2 Å². The number of nitrogens with zero attached hydrogens (tertiary/aromatic N) is 1. The minimum Gasteiger partial charge on any atom is -0.462 e. The summed E-state index contributed by atoms with van der Waals surface area (Å²) >= 11 is 0. The van der Waals surface area contributed by atoms with E-state index in [2.05, 4.69) is 5.43 Å². The van der Waals surface area contributed by atoms with Crippen LogP contribution in [0.15, 0.2) is 24.3 Å². The van der Waals surface area contributed by atoms with Gasteiger partial charge in [-0.2, -0.15) is 5.12 Å². The third-order valence-corrected chi connectivity index (χ3v) is 2.27. The van der Waals surface area contributed by atoms with Crippen molar-refractivity contribution in [3.05, 3.63) is 24.3 Å². The van der Waals surface area contributed by atoms with Crippen molar-refractivity contribution in [3.63, 3.8) is 0 Å². The number of hydrogen-bond acceptors (Lipinski definition) is 6. The summed E-state index contributed by atoms with van der Waals surface area (Å²) in [6, 6.07) is 0. The lowest BCUT2D eigenvalue weighted by molar-refractivity contribution is -0.147. The van der Waals surface area contributed by atoms with Gasteiger partial charge in [0.05, 0.1) is 5.92 Å². The lowest BCUT2D eigenvalue weighted by Gasteiger charge is -2.15. The molecule has 1 amide bonds. The van der Waals surface area contributed by atoms with E-state index in [-0.39, 0.29) is 25.1 Å². The van der Waals surface area contributed by atoms with Crippen LogP contribution < -0.4 is 11.3 Å². The summed E-state index contributed by atoms with van der Waals surface area (Å²) in [5.74, 6) is 4.61. The van der Waals surface area contributed by atoms with Crippen LogP contribution in [0, 0.1) is 5.92 Å². The van der Waals surface area contributed by atoms with E-state index in [0.29, 0.717) is 11.5 Å². The predicted molar refractivity (Wildman–Crippen MR) is 63.8 cm³/mol. The van der Waals surface area contributed by atoms with E-state index < -0.39 is 6.09 Å². The molecular weight excluding hydrogens is 238 g/mol. The van der Waals surface area contributed by atoms with E-state index in [1.165, 1.54) is 7.05 Å². The molecule has 0 fully saturated rings. The molecule has 0 aromatic heterocycles. The summed E-state index contributed by atoms with van der Waals surface area (Å²) in [5.41, 5.74) is 2.38. The molecule has 0 aromatic rings. The first-order valence-corrected chi connectivity index (χ1v) is 5.54. The van der Waals surface area contributed by atoms with Crippen molar-refractivity contribution in [2.75, 3.05) is 20.3 Å². The Kier molecular flexibility index (Phi) is 5.89. The highest BCUT2D eigenvalue weighted by Crippen LogP contribution is 2.12. The molecule has 100 valence electrons. The van der Waals surface area contributed by atoms with Crippen LogP contribution in [-0.4, -0.2) is 37.4 Å². The second kappa shape index (κ2) is 7.46. The monoisotopic (exact) mass is 255 g/mol. The molecule has 0 radical (unpaired) electrons. The van der Waals surface area contributed by atoms with Crippen molar-refractivity contribution in [2.45, 2.75) is 6.42 Å². The average molecular weight is 255 g/mol. The quantitative estimate of drug-likeness (QED) is 0.238. The molecule has 0 heterocycles. The highest BCUT2D eigenvalue weighted by atomic mass is 16.6. The lowest BCUT2D eigenvalue weighted by Crippen LogP contribution is -2.46. The fraction of sp³-hybridized carbons (Fsp3) is 0.455. The highest BCUT2D eigenvalue weighted by molar-refractivity contribution is 5.75. The molecule has 0 saturated carbocycles. The number of ether oxygens (including phenoxy) is 2. The molecule has 18 heavy (non-hydrogen) atoms. The zero-order valence-corrected chi connectivity index (χ0v) is 10.2. The summed E-state index contributed by atoms with van der Waals surface area (Å²) in [4.78, 5) is 22.6. The molecule has 3 N–H and O–H groups in total. The molecule has 0 spiro atoms. The van der Waals surface area contributed by atoms with Gasteiger partial charge in [0.25, 0.3) is 0 Å². The van der Waals surface area contributed by atoms with Crippen LogP contribution in [0.5, 0.6) is 0 Å². The van der Waals surface area contributed by atoms with Gasteiger partial charge in [0.1, 0.15) is 13.2 Å². The van der Waals surface area contributed by atoms with Crippen LogP contribution in [0.2, 0.25) is 0 Å². The number of amides is 1. The van der Waals surface area contributed by atoms with Crippen molar-refractivity contribution in [1.29, 1.82) is 0 Å². The number of carbonyl (C=O) groups excluding carboxylic acids is 2. The number of nitrogens with one attached hydrogen (secondary N) is 1. The normalized spacial score (nSPS) is 17.3. The van der Waals surface area contributed by atoms with E-state index >= 15 is 0 Å². The Labute approximate surface area is 105 Å². The molecular formula is C11H17N3O4. The maximum Gasteiger partial charge on any atom is 0.439 e. The minimum atomic E-state index is -0.742. The van der Waals surface area contributed by atoms with E-state index in [9.17, 15) is 9.59 Å². The third-order valence-electron chi connectivity index (χ3n) is 2.27. The fourth-order valence-electron chi connectivity index (χ4n) is 1.29. The largest absolute Gasteiger partial charge is 0.462 e. The average Bonchev–Trinajstić information content (AvgIpc) is 2.43. The molecule has 1 aliphatic carbocycles. The number of carbonyl (C=O) groups is 2. The second-order valence-electron chi connectivity index (χ2n) is 3.53. The maximum absolute atomic E-state index is 11.5. The summed E-state index contributed by atoms with van der Waals surface area (Å²) in [5, 5.41) is 0.691. The molecule has 1 aliphatic rings. The Bertz CT molecular complexity index is 354. The van der Waals surface area contributed by atoms with Gasteiger partial charge in [-0.3, -0.25) is 4.79 Å². The molecule has 0 aromatic carbocycles. The van der Waals surface area contributed by atoms with Crippen LogP contribution in [0.1, 0.15) is 6.42 Å². The van der Waals surface area contributed by atoms with Gasteiger partial charge in [-0.05, 0) is 6.42 Å². The van der Waals surface area contributed by atoms with Gasteiger partial charge >= 0.3 is 12.1 Å². The minimum absolute atomic E-state index is 0.0101. The lowest BCUT2D eigenvalue weighted by atomic mass is 10.0. The number of rotatable bonds is 5. The smallest absolute Gasteiger partial charge is 0.439 e. The number of nitrogens with two attached hydrogens (primary N) is 1. The number of esters is 1. The molecule has 1 atom stereocenters. The van der Waals surface area contributed by atoms with Crippen LogP contribution >= 0.6 is 0 Å². The molecule has 0 saturated heterocycles. The Morgan fingerprint density at radius 3 is 2.72 bits per heavy atom. The van der Waals surface area contributed by atoms with E-state index in [0.717, 1.165) is 0 Å².